The first-order valence-electron chi connectivity index (χ1n) is 8.26. The maximum absolute atomic E-state index is 12.6. The Hall–Kier alpha value is -1.84. The van der Waals surface area contributed by atoms with Gasteiger partial charge in [0.2, 0.25) is 5.91 Å². The van der Waals surface area contributed by atoms with Crippen molar-refractivity contribution in [2.75, 3.05) is 45.7 Å². The highest BCUT2D eigenvalue weighted by Crippen LogP contribution is 2.33. The van der Waals surface area contributed by atoms with Crippen LogP contribution in [0, 0.1) is 5.92 Å². The van der Waals surface area contributed by atoms with Gasteiger partial charge >= 0.3 is 0 Å². The Morgan fingerprint density at radius 2 is 1.96 bits per heavy atom. The van der Waals surface area contributed by atoms with Crippen molar-refractivity contribution in [3.63, 3.8) is 0 Å². The monoisotopic (exact) mass is 369 g/mol. The molecule has 2 heterocycles. The van der Waals surface area contributed by atoms with Gasteiger partial charge < -0.3 is 14.8 Å². The molecule has 1 fully saturated rings. The van der Waals surface area contributed by atoms with Gasteiger partial charge in [-0.2, -0.15) is 17.0 Å². The van der Waals surface area contributed by atoms with Crippen LogP contribution in [-0.4, -0.2) is 63.3 Å². The second kappa shape index (κ2) is 7.19. The molecule has 8 nitrogen and oxygen atoms in total. The number of rotatable bonds is 4. The van der Waals surface area contributed by atoms with E-state index in [4.69, 9.17) is 9.47 Å². The number of nitrogens with one attached hydrogen (secondary N) is 1. The van der Waals surface area contributed by atoms with Crippen LogP contribution < -0.4 is 14.8 Å². The van der Waals surface area contributed by atoms with Crippen molar-refractivity contribution in [2.45, 2.75) is 12.8 Å². The van der Waals surface area contributed by atoms with E-state index < -0.39 is 10.2 Å². The highest BCUT2D eigenvalue weighted by molar-refractivity contribution is 7.86. The first-order valence-corrected chi connectivity index (χ1v) is 9.66. The largest absolute Gasteiger partial charge is 0.486 e. The van der Waals surface area contributed by atoms with Gasteiger partial charge in [0.15, 0.2) is 11.5 Å². The maximum atomic E-state index is 12.6. The van der Waals surface area contributed by atoms with E-state index in [0.29, 0.717) is 49.8 Å². The molecule has 3 rings (SSSR count). The van der Waals surface area contributed by atoms with E-state index in [1.54, 1.807) is 18.2 Å². The van der Waals surface area contributed by atoms with E-state index in [-0.39, 0.29) is 18.4 Å². The Labute approximate surface area is 147 Å². The zero-order valence-corrected chi connectivity index (χ0v) is 15.2. The number of nitrogens with zero attached hydrogens (tertiary/aromatic N) is 2. The van der Waals surface area contributed by atoms with Crippen molar-refractivity contribution >= 4 is 21.8 Å². The van der Waals surface area contributed by atoms with Crippen LogP contribution >= 0.6 is 0 Å². The fraction of sp³-hybridized carbons (Fsp3) is 0.562. The van der Waals surface area contributed by atoms with Crippen molar-refractivity contribution in [3.8, 4) is 11.5 Å². The summed E-state index contributed by atoms with van der Waals surface area (Å²) in [5.41, 5.74) is 0.613. The smallest absolute Gasteiger partial charge is 0.281 e. The molecule has 9 heteroatoms. The number of benzene rings is 1. The van der Waals surface area contributed by atoms with E-state index in [2.05, 4.69) is 5.32 Å². The van der Waals surface area contributed by atoms with Gasteiger partial charge in [-0.05, 0) is 25.0 Å². The number of piperidine rings is 1. The number of hydrogen-bond donors (Lipinski definition) is 1. The van der Waals surface area contributed by atoms with E-state index in [0.717, 1.165) is 0 Å². The minimum absolute atomic E-state index is 0.185. The third kappa shape index (κ3) is 3.88. The summed E-state index contributed by atoms with van der Waals surface area (Å²) in [5, 5.41) is 2.85. The van der Waals surface area contributed by atoms with E-state index in [1.807, 2.05) is 0 Å². The Kier molecular flexibility index (Phi) is 5.16. The van der Waals surface area contributed by atoms with Gasteiger partial charge in [0.25, 0.3) is 10.2 Å². The third-order valence-electron chi connectivity index (χ3n) is 4.35. The minimum atomic E-state index is -3.50. The molecule has 0 aromatic heterocycles. The van der Waals surface area contributed by atoms with Gasteiger partial charge in [0.1, 0.15) is 13.2 Å². The van der Waals surface area contributed by atoms with Crippen molar-refractivity contribution in [1.82, 2.24) is 8.61 Å². The molecule has 1 N–H and O–H groups in total. The molecule has 2 aliphatic rings. The summed E-state index contributed by atoms with van der Waals surface area (Å²) < 4.78 is 38.0. The van der Waals surface area contributed by atoms with Crippen LogP contribution in [0.4, 0.5) is 5.69 Å². The predicted molar refractivity (Wildman–Crippen MR) is 93.0 cm³/mol. The van der Waals surface area contributed by atoms with Crippen LogP contribution in [0.3, 0.4) is 0 Å². The van der Waals surface area contributed by atoms with Crippen molar-refractivity contribution in [2.24, 2.45) is 5.92 Å². The molecule has 0 bridgehead atoms. The minimum Gasteiger partial charge on any atom is -0.486 e. The van der Waals surface area contributed by atoms with Gasteiger partial charge in [-0.15, -0.1) is 0 Å². The average molecular weight is 369 g/mol. The molecule has 1 saturated heterocycles. The summed E-state index contributed by atoms with van der Waals surface area (Å²) in [7, 11) is -0.513. The predicted octanol–water partition coefficient (Wildman–Crippen LogP) is 0.915. The Morgan fingerprint density at radius 1 is 1.24 bits per heavy atom. The summed E-state index contributed by atoms with van der Waals surface area (Å²) in [5.74, 6) is 0.696. The summed E-state index contributed by atoms with van der Waals surface area (Å²) in [4.78, 5) is 12.6. The Morgan fingerprint density at radius 3 is 2.68 bits per heavy atom. The molecule has 0 aliphatic carbocycles. The molecular formula is C16H23N3O5S. The van der Waals surface area contributed by atoms with Crippen LogP contribution in [0.1, 0.15) is 12.8 Å². The van der Waals surface area contributed by atoms with Gasteiger partial charge in [-0.25, -0.2) is 0 Å². The number of carbonyl (C=O) groups is 1. The number of hydrogen-bond acceptors (Lipinski definition) is 5. The molecule has 1 aromatic carbocycles. The van der Waals surface area contributed by atoms with Gasteiger partial charge in [-0.1, -0.05) is 0 Å². The van der Waals surface area contributed by atoms with Crippen molar-refractivity contribution < 1.29 is 22.7 Å². The SMILES string of the molecule is CN(C)S(=O)(=O)N1CCC[C@H](C(=O)Nc2ccc3c(c2)OCCO3)C1. The highest BCUT2D eigenvalue weighted by atomic mass is 32.2. The van der Waals surface area contributed by atoms with E-state index in [9.17, 15) is 13.2 Å². The second-order valence-corrected chi connectivity index (χ2v) is 8.48. The lowest BCUT2D eigenvalue weighted by Gasteiger charge is -2.32. The number of anilines is 1. The molecular weight excluding hydrogens is 346 g/mol. The summed E-state index contributed by atoms with van der Waals surface area (Å²) in [6.45, 7) is 1.62. The Bertz CT molecular complexity index is 750. The zero-order valence-electron chi connectivity index (χ0n) is 14.4. The molecule has 0 radical (unpaired) electrons. The lowest BCUT2D eigenvalue weighted by molar-refractivity contribution is -0.120. The molecule has 1 amide bonds. The topological polar surface area (TPSA) is 88.2 Å². The van der Waals surface area contributed by atoms with Gasteiger partial charge in [0.05, 0.1) is 5.92 Å². The molecule has 0 unspecified atom stereocenters. The zero-order chi connectivity index (χ0) is 18.0. The molecule has 0 saturated carbocycles. The van der Waals surface area contributed by atoms with Crippen LogP contribution in [0.15, 0.2) is 18.2 Å². The Balaban J connectivity index is 1.67. The fourth-order valence-corrected chi connectivity index (χ4v) is 4.15. The number of carbonyl (C=O) groups excluding carboxylic acids is 1. The average Bonchev–Trinajstić information content (AvgIpc) is 2.61. The van der Waals surface area contributed by atoms with Crippen LogP contribution in [-0.2, 0) is 15.0 Å². The molecule has 2 aliphatic heterocycles. The first-order chi connectivity index (χ1) is 11.9. The van der Waals surface area contributed by atoms with Crippen LogP contribution in [0.2, 0.25) is 0 Å². The second-order valence-electron chi connectivity index (χ2n) is 6.34. The molecule has 1 atom stereocenters. The molecule has 0 spiro atoms. The fourth-order valence-electron chi connectivity index (χ4n) is 2.96. The van der Waals surface area contributed by atoms with E-state index in [1.165, 1.54) is 22.7 Å². The normalized spacial score (nSPS) is 21.2. The van der Waals surface area contributed by atoms with Gasteiger partial charge in [-0.3, -0.25) is 4.79 Å². The number of fused-ring (bicyclic) bond motifs is 1. The number of ether oxygens (including phenoxy) is 2. The molecule has 1 aromatic rings. The summed E-state index contributed by atoms with van der Waals surface area (Å²) in [6, 6.07) is 5.24. The quantitative estimate of drug-likeness (QED) is 0.852. The highest BCUT2D eigenvalue weighted by Gasteiger charge is 2.33. The summed E-state index contributed by atoms with van der Waals surface area (Å²) in [6.07, 6.45) is 1.32. The van der Waals surface area contributed by atoms with Gasteiger partial charge in [0, 0.05) is 38.9 Å². The van der Waals surface area contributed by atoms with E-state index >= 15 is 0 Å². The maximum Gasteiger partial charge on any atom is 0.281 e. The molecule has 138 valence electrons. The molecule has 25 heavy (non-hydrogen) atoms. The first kappa shape index (κ1) is 18.0. The van der Waals surface area contributed by atoms with Crippen molar-refractivity contribution in [1.29, 1.82) is 0 Å². The lowest BCUT2D eigenvalue weighted by Crippen LogP contribution is -2.47. The standard InChI is InChI=1S/C16H23N3O5S/c1-18(2)25(21,22)19-7-3-4-12(11-19)16(20)17-13-5-6-14-15(10-13)24-9-8-23-14/h5-6,10,12H,3-4,7-9,11H2,1-2H3,(H,17,20)/t12-/m0/s1. The third-order valence-corrected chi connectivity index (χ3v) is 6.26. The van der Waals surface area contributed by atoms with Crippen molar-refractivity contribution in [3.05, 3.63) is 18.2 Å². The van der Waals surface area contributed by atoms with Crippen LogP contribution in [0.25, 0.3) is 0 Å². The summed E-state index contributed by atoms with van der Waals surface area (Å²) >= 11 is 0. The van der Waals surface area contributed by atoms with Crippen LogP contribution in [0.5, 0.6) is 11.5 Å². The lowest BCUT2D eigenvalue weighted by atomic mass is 9.98. The number of amides is 1.